The normalized spacial score (nSPS) is 52.0. The van der Waals surface area contributed by atoms with E-state index in [9.17, 15) is 102 Å². The van der Waals surface area contributed by atoms with Gasteiger partial charge >= 0.3 is 0 Å². The summed E-state index contributed by atoms with van der Waals surface area (Å²) in [7, 11) is 0. The predicted molar refractivity (Wildman–Crippen MR) is 223 cm³/mol. The second-order valence-electron chi connectivity index (χ2n) is 19.0. The maximum atomic E-state index is 11.8. The third-order valence-corrected chi connectivity index (χ3v) is 13.9. The molecule has 0 amide bonds. The van der Waals surface area contributed by atoms with Gasteiger partial charge in [-0.15, -0.1) is 0 Å². The first-order valence-corrected chi connectivity index (χ1v) is 23.8. The van der Waals surface area contributed by atoms with Crippen molar-refractivity contribution < 1.29 is 164 Å². The van der Waals surface area contributed by atoms with Crippen LogP contribution < -0.4 is 0 Å². The van der Waals surface area contributed by atoms with E-state index in [1.807, 2.05) is 0 Å². The van der Waals surface area contributed by atoms with E-state index in [1.165, 1.54) is 6.92 Å². The summed E-state index contributed by atoms with van der Waals surface area (Å²) in [4.78, 5) is 0. The van der Waals surface area contributed by atoms with Gasteiger partial charge in [-0.3, -0.25) is 0 Å². The van der Waals surface area contributed by atoms with Crippen molar-refractivity contribution in [2.75, 3.05) is 39.6 Å². The molecular formula is C41H70O33. The first-order chi connectivity index (χ1) is 35.1. The average molecular weight is 1090 g/mol. The van der Waals surface area contributed by atoms with Crippen LogP contribution in [0.25, 0.3) is 0 Å². The van der Waals surface area contributed by atoms with Gasteiger partial charge in [0, 0.05) is 6.42 Å². The van der Waals surface area contributed by atoms with E-state index in [1.54, 1.807) is 0 Å². The lowest BCUT2D eigenvalue weighted by molar-refractivity contribution is -0.408. The summed E-state index contributed by atoms with van der Waals surface area (Å²) in [5.74, 6) is 0. The second kappa shape index (κ2) is 25.9. The van der Waals surface area contributed by atoms with Gasteiger partial charge in [-0.2, -0.15) is 0 Å². The summed E-state index contributed by atoms with van der Waals surface area (Å²) >= 11 is 0. The summed E-state index contributed by atoms with van der Waals surface area (Å²) < 4.78 is 74.5. The Morgan fingerprint density at radius 2 is 0.527 bits per heavy atom. The van der Waals surface area contributed by atoms with Gasteiger partial charge in [-0.25, -0.2) is 0 Å². The summed E-state index contributed by atoms with van der Waals surface area (Å²) in [6.07, 6.45) is -66.4. The number of aliphatic hydroxyl groups is 20. The molecule has 0 radical (unpaired) electrons. The quantitative estimate of drug-likeness (QED) is 0.0854. The van der Waals surface area contributed by atoms with E-state index in [0.29, 0.717) is 0 Å². The highest BCUT2D eigenvalue weighted by Gasteiger charge is 2.59. The zero-order chi connectivity index (χ0) is 54.2. The smallest absolute Gasteiger partial charge is 0.187 e. The topological polar surface area (TPSA) is 525 Å². The van der Waals surface area contributed by atoms with Crippen molar-refractivity contribution in [2.45, 2.75) is 216 Å². The molecule has 20 N–H and O–H groups in total. The van der Waals surface area contributed by atoms with Crippen LogP contribution in [0, 0.1) is 0 Å². The molecule has 0 aromatic heterocycles. The highest BCUT2D eigenvalue weighted by Crippen LogP contribution is 2.39. The molecular weight excluding hydrogens is 1020 g/mol. The molecule has 12 bridgehead atoms. The van der Waals surface area contributed by atoms with Crippen molar-refractivity contribution in [3.8, 4) is 0 Å². The minimum Gasteiger partial charge on any atom is -0.394 e. The van der Waals surface area contributed by atoms with Gasteiger partial charge in [0.1, 0.15) is 153 Å². The lowest BCUT2D eigenvalue weighted by atomic mass is 9.94. The van der Waals surface area contributed by atoms with E-state index < -0.39 is 249 Å². The molecule has 22 saturated heterocycles. The van der Waals surface area contributed by atoms with Gasteiger partial charge in [-0.1, -0.05) is 0 Å². The van der Waals surface area contributed by atoms with Crippen LogP contribution in [0.4, 0.5) is 0 Å². The lowest BCUT2D eigenvalue weighted by Gasteiger charge is -2.51. The third-order valence-electron chi connectivity index (χ3n) is 13.9. The van der Waals surface area contributed by atoms with E-state index >= 15 is 0 Å². The second-order valence-corrected chi connectivity index (χ2v) is 19.0. The number of ether oxygens (including phenoxy) is 13. The summed E-state index contributed by atoms with van der Waals surface area (Å²) in [5.41, 5.74) is 0. The summed E-state index contributed by atoms with van der Waals surface area (Å²) in [5, 5.41) is 219. The molecule has 0 spiro atoms. The van der Waals surface area contributed by atoms with E-state index in [4.69, 9.17) is 61.6 Å². The number of hydrogen-bond donors (Lipinski definition) is 20. The molecule has 22 heterocycles. The van der Waals surface area contributed by atoms with E-state index in [2.05, 4.69) is 0 Å². The van der Waals surface area contributed by atoms with Crippen LogP contribution in [0.2, 0.25) is 0 Å². The molecule has 0 aromatic carbocycles. The molecule has 0 aliphatic carbocycles. The molecule has 22 rings (SSSR count). The maximum Gasteiger partial charge on any atom is 0.187 e. The van der Waals surface area contributed by atoms with Crippen LogP contribution in [-0.4, -0.2) is 345 Å². The molecule has 33 nitrogen and oxygen atoms in total. The van der Waals surface area contributed by atoms with Gasteiger partial charge in [0.05, 0.1) is 45.7 Å². The Morgan fingerprint density at radius 3 is 0.757 bits per heavy atom. The van der Waals surface area contributed by atoms with Gasteiger partial charge < -0.3 is 164 Å². The Hall–Kier alpha value is -1.32. The molecule has 22 aliphatic rings. The minimum absolute atomic E-state index is 0.510. The Bertz CT molecular complexity index is 1700. The molecule has 22 fully saturated rings. The summed E-state index contributed by atoms with van der Waals surface area (Å²) in [6, 6.07) is 0. The molecule has 33 heteroatoms. The van der Waals surface area contributed by atoms with Crippen LogP contribution in [0.3, 0.4) is 0 Å². The Labute approximate surface area is 419 Å². The van der Waals surface area contributed by atoms with Crippen molar-refractivity contribution in [1.82, 2.24) is 0 Å². The van der Waals surface area contributed by atoms with Gasteiger partial charge in [-0.05, 0) is 6.92 Å². The fraction of sp³-hybridized carbons (Fsp3) is 1.00. The standard InChI is InChI=1S/C41H70O33/c1-9(48)2-10(49)35(61)68-34-27(60)41-67-16(8-47)33(34)74-40-26(59)21(54)31(14(6-45)66-40)72-38-24(57)19(52)29(12(4-43)64-38)70-36-22(55)17(50)28(11(3-42)62-36)69-37-23(56)18(51)30(13(5-44)63-37)71-39-25(58)20(53)32(73-41)15(7-46)65-39/h9-61H,2-8H2,1H3/t9?,10?,11-,12-,13-,14-,15-,16-,17-,18-,19-,20-,21-,22-,23-,24-,25-,26-,27-,28-,29-,30-,31-,32-,33+,34-,35?,36-,37-,38-,39-,40-,41-/m1/s1. The zero-order valence-corrected chi connectivity index (χ0v) is 39.3. The highest BCUT2D eigenvalue weighted by atomic mass is 16.8. The van der Waals surface area contributed by atoms with E-state index in [0.717, 1.165) is 0 Å². The van der Waals surface area contributed by atoms with Crippen molar-refractivity contribution in [1.29, 1.82) is 0 Å². The fourth-order valence-corrected chi connectivity index (χ4v) is 9.79. The fourth-order valence-electron chi connectivity index (χ4n) is 9.79. The number of aliphatic hydroxyl groups excluding tert-OH is 20. The van der Waals surface area contributed by atoms with Gasteiger partial charge in [0.15, 0.2) is 44.0 Å². The molecule has 22 aliphatic heterocycles. The molecule has 74 heavy (non-hydrogen) atoms. The molecule has 0 saturated carbocycles. The molecule has 3 unspecified atom stereocenters. The number of hydrogen-bond acceptors (Lipinski definition) is 33. The van der Waals surface area contributed by atoms with Crippen LogP contribution in [0.15, 0.2) is 0 Å². The van der Waals surface area contributed by atoms with Crippen molar-refractivity contribution in [2.24, 2.45) is 0 Å². The van der Waals surface area contributed by atoms with Crippen LogP contribution in [-0.2, 0) is 61.6 Å². The van der Waals surface area contributed by atoms with Gasteiger partial charge in [0.25, 0.3) is 0 Å². The first kappa shape index (κ1) is 60.3. The van der Waals surface area contributed by atoms with Crippen molar-refractivity contribution >= 4 is 0 Å². The lowest BCUT2D eigenvalue weighted by Crippen LogP contribution is -2.69. The maximum absolute atomic E-state index is 11.8. The van der Waals surface area contributed by atoms with E-state index in [-0.39, 0.29) is 0 Å². The molecule has 0 aromatic rings. The van der Waals surface area contributed by atoms with Crippen LogP contribution in [0.5, 0.6) is 0 Å². The first-order valence-electron chi connectivity index (χ1n) is 23.8. The highest BCUT2D eigenvalue weighted by molar-refractivity contribution is 5.01. The Morgan fingerprint density at radius 1 is 0.311 bits per heavy atom. The SMILES string of the molecule is CC(O)CC(O)C(O)O[C@@H]1[C@@H](O)[C@H]2O[C@H]3[C@H](O)[C@@H](O)[C@@H](O[C@H]4[C@H](O)[C@@H](O)[C@@H](O[C@H]5[C@H](O)[C@@H](O)[C@@H](O[C@H]6[C@H](O)[C@@H](O)[C@@H](O[C@H]7[C@H](O)[C@@H](O)[C@@H](O[C@H]1[C@@H](CO)O2)O[C@@H]7CO)O[C@@H]6CO)O[C@@H]5CO)O[C@@H]4CO)O[C@@H]3CO. The zero-order valence-electron chi connectivity index (χ0n) is 39.3. The Balaban J connectivity index is 1.23. The predicted octanol–water partition coefficient (Wildman–Crippen LogP) is -13.6. The third kappa shape index (κ3) is 12.4. The van der Waals surface area contributed by atoms with Crippen LogP contribution in [0.1, 0.15) is 13.3 Å². The van der Waals surface area contributed by atoms with Crippen LogP contribution >= 0.6 is 0 Å². The van der Waals surface area contributed by atoms with Crippen molar-refractivity contribution in [3.05, 3.63) is 0 Å². The van der Waals surface area contributed by atoms with Crippen molar-refractivity contribution in [3.63, 3.8) is 0 Å². The summed E-state index contributed by atoms with van der Waals surface area (Å²) in [6.45, 7) is -5.07. The minimum atomic E-state index is -2.29. The molecule has 432 valence electrons. The average Bonchev–Trinajstić information content (AvgIpc) is 3.37. The molecule has 33 atom stereocenters. The van der Waals surface area contributed by atoms with Gasteiger partial charge in [0.2, 0.25) is 0 Å². The monoisotopic (exact) mass is 1090 g/mol. The largest absolute Gasteiger partial charge is 0.394 e. The number of rotatable bonds is 11. The Kier molecular flexibility index (Phi) is 21.1.